The second-order valence-corrected chi connectivity index (χ2v) is 5.87. The molecule has 1 atom stereocenters. The van der Waals surface area contributed by atoms with E-state index in [9.17, 15) is 4.79 Å². The monoisotopic (exact) mass is 283 g/mol. The Morgan fingerprint density at radius 3 is 2.50 bits per heavy atom. The Morgan fingerprint density at radius 1 is 1.25 bits per heavy atom. The lowest BCUT2D eigenvalue weighted by Gasteiger charge is -2.33. The summed E-state index contributed by atoms with van der Waals surface area (Å²) < 4.78 is 5.39. The highest BCUT2D eigenvalue weighted by Gasteiger charge is 2.43. The van der Waals surface area contributed by atoms with Gasteiger partial charge < -0.3 is 21.0 Å². The SMILES string of the molecule is NC(=NO)C1(C(=O)NC2CCCOC2)CCCCCC1. The zero-order valence-corrected chi connectivity index (χ0v) is 11.9. The molecule has 0 radical (unpaired) electrons. The Kier molecular flexibility index (Phi) is 5.23. The molecule has 20 heavy (non-hydrogen) atoms. The molecule has 1 aliphatic carbocycles. The van der Waals surface area contributed by atoms with E-state index < -0.39 is 5.41 Å². The second-order valence-electron chi connectivity index (χ2n) is 5.87. The highest BCUT2D eigenvalue weighted by atomic mass is 16.5. The molecule has 114 valence electrons. The Balaban J connectivity index is 2.10. The molecule has 1 heterocycles. The van der Waals surface area contributed by atoms with Gasteiger partial charge in [0.15, 0.2) is 5.84 Å². The summed E-state index contributed by atoms with van der Waals surface area (Å²) in [6.07, 6.45) is 7.26. The lowest BCUT2D eigenvalue weighted by atomic mass is 9.78. The zero-order valence-electron chi connectivity index (χ0n) is 11.9. The molecule has 6 nitrogen and oxygen atoms in total. The van der Waals surface area contributed by atoms with Gasteiger partial charge in [-0.2, -0.15) is 0 Å². The average molecular weight is 283 g/mol. The molecule has 0 spiro atoms. The largest absolute Gasteiger partial charge is 0.409 e. The number of amidine groups is 1. The third kappa shape index (κ3) is 3.23. The summed E-state index contributed by atoms with van der Waals surface area (Å²) in [5, 5.41) is 15.2. The number of hydrogen-bond donors (Lipinski definition) is 3. The van der Waals surface area contributed by atoms with Crippen LogP contribution in [0.3, 0.4) is 0 Å². The van der Waals surface area contributed by atoms with Gasteiger partial charge in [0.25, 0.3) is 0 Å². The van der Waals surface area contributed by atoms with E-state index in [1.807, 2.05) is 0 Å². The second kappa shape index (κ2) is 6.92. The van der Waals surface area contributed by atoms with Crippen molar-refractivity contribution < 1.29 is 14.7 Å². The molecule has 1 amide bonds. The standard InChI is InChI=1S/C14H25N3O3/c15-12(17-19)14(7-3-1-2-4-8-14)13(18)16-11-6-5-9-20-10-11/h11,19H,1-10H2,(H2,15,17)(H,16,18). The van der Waals surface area contributed by atoms with Crippen LogP contribution in [-0.2, 0) is 9.53 Å². The average Bonchev–Trinajstić information content (AvgIpc) is 2.74. The van der Waals surface area contributed by atoms with Gasteiger partial charge >= 0.3 is 0 Å². The molecule has 2 rings (SSSR count). The maximum atomic E-state index is 12.7. The van der Waals surface area contributed by atoms with Crippen LogP contribution < -0.4 is 11.1 Å². The third-order valence-electron chi connectivity index (χ3n) is 4.49. The zero-order chi connectivity index (χ0) is 14.4. The lowest BCUT2D eigenvalue weighted by Crippen LogP contribution is -2.53. The van der Waals surface area contributed by atoms with Crippen LogP contribution in [0.4, 0.5) is 0 Å². The fourth-order valence-corrected chi connectivity index (χ4v) is 3.21. The number of carbonyl (C=O) groups excluding carboxylic acids is 1. The summed E-state index contributed by atoms with van der Waals surface area (Å²) in [7, 11) is 0. The molecule has 1 unspecified atom stereocenters. The molecule has 0 aromatic rings. The fraction of sp³-hybridized carbons (Fsp3) is 0.857. The van der Waals surface area contributed by atoms with Crippen molar-refractivity contribution in [3.8, 4) is 0 Å². The van der Waals surface area contributed by atoms with E-state index in [2.05, 4.69) is 10.5 Å². The van der Waals surface area contributed by atoms with Gasteiger partial charge in [-0.1, -0.05) is 30.8 Å². The first kappa shape index (κ1) is 15.1. The molecule has 1 aliphatic heterocycles. The Morgan fingerprint density at radius 2 is 1.95 bits per heavy atom. The van der Waals surface area contributed by atoms with E-state index in [1.54, 1.807) is 0 Å². The predicted octanol–water partition coefficient (Wildman–Crippen LogP) is 1.37. The Labute approximate surface area is 119 Å². The molecule has 2 fully saturated rings. The molecule has 4 N–H and O–H groups in total. The van der Waals surface area contributed by atoms with Crippen molar-refractivity contribution in [1.29, 1.82) is 0 Å². The van der Waals surface area contributed by atoms with Crippen molar-refractivity contribution in [2.75, 3.05) is 13.2 Å². The van der Waals surface area contributed by atoms with Gasteiger partial charge in [-0.15, -0.1) is 0 Å². The van der Waals surface area contributed by atoms with Crippen LogP contribution in [0.15, 0.2) is 5.16 Å². The molecule has 6 heteroatoms. The van der Waals surface area contributed by atoms with E-state index in [4.69, 9.17) is 15.7 Å². The Hall–Kier alpha value is -1.30. The molecular formula is C14H25N3O3. The summed E-state index contributed by atoms with van der Waals surface area (Å²) in [6, 6.07) is 0.0443. The fourth-order valence-electron chi connectivity index (χ4n) is 3.21. The van der Waals surface area contributed by atoms with Crippen molar-refractivity contribution in [2.24, 2.45) is 16.3 Å². The van der Waals surface area contributed by atoms with Crippen LogP contribution in [0.5, 0.6) is 0 Å². The van der Waals surface area contributed by atoms with Gasteiger partial charge in [-0.05, 0) is 25.7 Å². The topological polar surface area (TPSA) is 96.9 Å². The van der Waals surface area contributed by atoms with Gasteiger partial charge in [0.1, 0.15) is 5.41 Å². The van der Waals surface area contributed by atoms with Crippen molar-refractivity contribution in [3.05, 3.63) is 0 Å². The number of nitrogens with one attached hydrogen (secondary N) is 1. The summed E-state index contributed by atoms with van der Waals surface area (Å²) in [5.74, 6) is -0.0566. The number of hydrogen-bond acceptors (Lipinski definition) is 4. The highest BCUT2D eigenvalue weighted by molar-refractivity contribution is 6.06. The summed E-state index contributed by atoms with van der Waals surface area (Å²) in [4.78, 5) is 12.7. The third-order valence-corrected chi connectivity index (χ3v) is 4.49. The number of amides is 1. The van der Waals surface area contributed by atoms with Gasteiger partial charge in [0.05, 0.1) is 12.6 Å². The van der Waals surface area contributed by atoms with E-state index >= 15 is 0 Å². The number of oxime groups is 1. The predicted molar refractivity (Wildman–Crippen MR) is 75.5 cm³/mol. The lowest BCUT2D eigenvalue weighted by molar-refractivity contribution is -0.130. The minimum absolute atomic E-state index is 0.0443. The molecular weight excluding hydrogens is 258 g/mol. The molecule has 2 aliphatic rings. The van der Waals surface area contributed by atoms with Crippen molar-refractivity contribution in [2.45, 2.75) is 57.4 Å². The first-order chi connectivity index (χ1) is 9.69. The van der Waals surface area contributed by atoms with Crippen LogP contribution in [0.25, 0.3) is 0 Å². The summed E-state index contributed by atoms with van der Waals surface area (Å²) in [5.41, 5.74) is 5.02. The number of nitrogens with zero attached hydrogens (tertiary/aromatic N) is 1. The first-order valence-electron chi connectivity index (χ1n) is 7.56. The summed E-state index contributed by atoms with van der Waals surface area (Å²) in [6.45, 7) is 1.32. The molecule has 0 aromatic heterocycles. The molecule has 1 saturated heterocycles. The van der Waals surface area contributed by atoms with E-state index in [1.165, 1.54) is 0 Å². The Bertz CT molecular complexity index is 357. The van der Waals surface area contributed by atoms with Gasteiger partial charge in [-0.25, -0.2) is 0 Å². The minimum Gasteiger partial charge on any atom is -0.409 e. The van der Waals surface area contributed by atoms with Crippen LogP contribution in [0.2, 0.25) is 0 Å². The molecule has 0 aromatic carbocycles. The van der Waals surface area contributed by atoms with Crippen molar-refractivity contribution in [3.63, 3.8) is 0 Å². The maximum absolute atomic E-state index is 12.7. The van der Waals surface area contributed by atoms with E-state index in [0.29, 0.717) is 19.4 Å². The van der Waals surface area contributed by atoms with Crippen LogP contribution in [0, 0.1) is 5.41 Å². The van der Waals surface area contributed by atoms with E-state index in [-0.39, 0.29) is 17.8 Å². The smallest absolute Gasteiger partial charge is 0.234 e. The van der Waals surface area contributed by atoms with Crippen molar-refractivity contribution in [1.82, 2.24) is 5.32 Å². The quantitative estimate of drug-likeness (QED) is 0.239. The first-order valence-corrected chi connectivity index (χ1v) is 7.56. The van der Waals surface area contributed by atoms with E-state index in [0.717, 1.165) is 45.1 Å². The van der Waals surface area contributed by atoms with Crippen molar-refractivity contribution >= 4 is 11.7 Å². The van der Waals surface area contributed by atoms with Gasteiger partial charge in [-0.3, -0.25) is 4.79 Å². The number of nitrogens with two attached hydrogens (primary N) is 1. The minimum atomic E-state index is -0.845. The number of rotatable bonds is 3. The van der Waals surface area contributed by atoms with Gasteiger partial charge in [0, 0.05) is 6.61 Å². The van der Waals surface area contributed by atoms with Gasteiger partial charge in [0.2, 0.25) is 5.91 Å². The molecule has 1 saturated carbocycles. The van der Waals surface area contributed by atoms with Crippen LogP contribution in [0.1, 0.15) is 51.4 Å². The summed E-state index contributed by atoms with van der Waals surface area (Å²) >= 11 is 0. The highest BCUT2D eigenvalue weighted by Crippen LogP contribution is 2.36. The van der Waals surface area contributed by atoms with Crippen LogP contribution in [-0.4, -0.2) is 36.2 Å². The molecule has 0 bridgehead atoms. The number of carbonyl (C=O) groups is 1. The maximum Gasteiger partial charge on any atom is 0.234 e. The van der Waals surface area contributed by atoms with Crippen LogP contribution >= 0.6 is 0 Å². The normalized spacial score (nSPS) is 27.6. The number of ether oxygens (including phenoxy) is 1.